The van der Waals surface area contributed by atoms with Crippen molar-refractivity contribution in [1.29, 1.82) is 0 Å². The molecule has 1 aliphatic rings. The molecule has 3 aromatic rings. The lowest BCUT2D eigenvalue weighted by Gasteiger charge is -2.22. The number of hydrogen-bond donors (Lipinski definition) is 1. The van der Waals surface area contributed by atoms with Gasteiger partial charge in [-0.25, -0.2) is 4.98 Å². The second-order valence-corrected chi connectivity index (χ2v) is 7.44. The van der Waals surface area contributed by atoms with Gasteiger partial charge >= 0.3 is 0 Å². The van der Waals surface area contributed by atoms with Crippen LogP contribution >= 0.6 is 0 Å². The van der Waals surface area contributed by atoms with Gasteiger partial charge in [0.05, 0.1) is 0 Å². The molecule has 1 fully saturated rings. The van der Waals surface area contributed by atoms with E-state index in [0.717, 1.165) is 24.8 Å². The number of aromatic nitrogens is 1. The molecule has 1 unspecified atom stereocenters. The zero-order chi connectivity index (χ0) is 21.5. The van der Waals surface area contributed by atoms with E-state index in [1.165, 1.54) is 10.5 Å². The molecular weight excluding hydrogens is 390 g/mol. The van der Waals surface area contributed by atoms with E-state index in [2.05, 4.69) is 22.4 Å². The Hall–Kier alpha value is -3.51. The van der Waals surface area contributed by atoms with E-state index >= 15 is 0 Å². The summed E-state index contributed by atoms with van der Waals surface area (Å²) >= 11 is 0. The molecule has 4 rings (SSSR count). The molecule has 6 nitrogen and oxygen atoms in total. The fourth-order valence-corrected chi connectivity index (χ4v) is 3.65. The molecule has 1 atom stereocenters. The summed E-state index contributed by atoms with van der Waals surface area (Å²) in [5.74, 6) is 0.246. The molecular formula is C25H25N3O3. The predicted octanol–water partition coefficient (Wildman–Crippen LogP) is 3.90. The lowest BCUT2D eigenvalue weighted by molar-refractivity contribution is -0.117. The average molecular weight is 415 g/mol. The number of unbranched alkanes of at least 4 members (excludes halogenated alkanes) is 1. The topological polar surface area (TPSA) is 71.5 Å². The number of benzene rings is 2. The van der Waals surface area contributed by atoms with Crippen LogP contribution < -0.4 is 10.2 Å². The van der Waals surface area contributed by atoms with Crippen molar-refractivity contribution in [2.45, 2.75) is 25.5 Å². The smallest absolute Gasteiger partial charge is 0.256 e. The number of hydrogen-bond acceptors (Lipinski definition) is 4. The summed E-state index contributed by atoms with van der Waals surface area (Å²) in [5, 5.41) is 2.98. The average Bonchev–Trinajstić information content (AvgIpc) is 3.21. The molecule has 6 heteroatoms. The maximum atomic E-state index is 12.6. The first kappa shape index (κ1) is 20.8. The standard InChI is InChI=1S/C25H25N3O3/c29-23-18-31-25(28(23)22-14-5-7-15-26-22)21-13-8-12-20(17-21)24(30)27-16-6-4-11-19-9-2-1-3-10-19/h1-3,5,7-10,12-15,17,25H,4,6,11,16,18H2,(H,27,30). The molecule has 2 heterocycles. The third-order valence-corrected chi connectivity index (χ3v) is 5.22. The van der Waals surface area contributed by atoms with Crippen LogP contribution in [0.3, 0.4) is 0 Å². The minimum atomic E-state index is -0.596. The minimum absolute atomic E-state index is 0.0148. The van der Waals surface area contributed by atoms with Crippen molar-refractivity contribution in [3.8, 4) is 0 Å². The zero-order valence-corrected chi connectivity index (χ0v) is 17.2. The van der Waals surface area contributed by atoms with Gasteiger partial charge in [-0.2, -0.15) is 0 Å². The van der Waals surface area contributed by atoms with Gasteiger partial charge in [-0.15, -0.1) is 0 Å². The summed E-state index contributed by atoms with van der Waals surface area (Å²) in [4.78, 5) is 30.8. The van der Waals surface area contributed by atoms with Crippen LogP contribution in [0.1, 0.15) is 40.6 Å². The lowest BCUT2D eigenvalue weighted by atomic mass is 10.1. The van der Waals surface area contributed by atoms with E-state index < -0.39 is 6.23 Å². The third kappa shape index (κ3) is 5.16. The van der Waals surface area contributed by atoms with Crippen LogP contribution in [-0.2, 0) is 16.0 Å². The van der Waals surface area contributed by atoms with Gasteiger partial charge in [-0.1, -0.05) is 48.5 Å². The summed E-state index contributed by atoms with van der Waals surface area (Å²) in [6.45, 7) is 0.605. The molecule has 158 valence electrons. The molecule has 0 spiro atoms. The Morgan fingerprint density at radius 1 is 1.03 bits per heavy atom. The van der Waals surface area contributed by atoms with E-state index in [-0.39, 0.29) is 18.4 Å². The number of aryl methyl sites for hydroxylation is 1. The summed E-state index contributed by atoms with van der Waals surface area (Å²) in [6, 6.07) is 22.9. The highest BCUT2D eigenvalue weighted by molar-refractivity contribution is 5.96. The molecule has 1 aliphatic heterocycles. The molecule has 0 saturated carbocycles. The molecule has 0 radical (unpaired) electrons. The van der Waals surface area contributed by atoms with Gasteiger partial charge in [0.1, 0.15) is 12.4 Å². The highest BCUT2D eigenvalue weighted by atomic mass is 16.5. The van der Waals surface area contributed by atoms with Gasteiger partial charge in [0, 0.05) is 23.9 Å². The summed E-state index contributed by atoms with van der Waals surface area (Å²) in [5.41, 5.74) is 2.60. The molecule has 1 N–H and O–H groups in total. The number of anilines is 1. The Morgan fingerprint density at radius 3 is 2.68 bits per heavy atom. The van der Waals surface area contributed by atoms with Crippen molar-refractivity contribution >= 4 is 17.6 Å². The first-order chi connectivity index (χ1) is 15.2. The van der Waals surface area contributed by atoms with Crippen LogP contribution in [0.25, 0.3) is 0 Å². The Labute approximate surface area is 181 Å². The summed E-state index contributed by atoms with van der Waals surface area (Å²) in [6.07, 6.45) is 3.97. The second-order valence-electron chi connectivity index (χ2n) is 7.44. The number of nitrogens with zero attached hydrogens (tertiary/aromatic N) is 2. The van der Waals surface area contributed by atoms with Crippen molar-refractivity contribution in [3.05, 3.63) is 95.7 Å². The fourth-order valence-electron chi connectivity index (χ4n) is 3.65. The van der Waals surface area contributed by atoms with Gasteiger partial charge in [0.2, 0.25) is 0 Å². The SMILES string of the molecule is O=C(NCCCCc1ccccc1)c1cccc(C2OCC(=O)N2c2ccccn2)c1. The van der Waals surface area contributed by atoms with E-state index in [9.17, 15) is 9.59 Å². The van der Waals surface area contributed by atoms with Crippen LogP contribution in [0, 0.1) is 0 Å². The first-order valence-electron chi connectivity index (χ1n) is 10.5. The van der Waals surface area contributed by atoms with Gasteiger partial charge in [-0.05, 0) is 49.1 Å². The largest absolute Gasteiger partial charge is 0.352 e. The summed E-state index contributed by atoms with van der Waals surface area (Å²) in [7, 11) is 0. The zero-order valence-electron chi connectivity index (χ0n) is 17.2. The van der Waals surface area contributed by atoms with Crippen molar-refractivity contribution in [3.63, 3.8) is 0 Å². The molecule has 1 saturated heterocycles. The molecule has 31 heavy (non-hydrogen) atoms. The molecule has 0 bridgehead atoms. The predicted molar refractivity (Wildman–Crippen MR) is 119 cm³/mol. The molecule has 2 amide bonds. The highest BCUT2D eigenvalue weighted by Gasteiger charge is 2.35. The van der Waals surface area contributed by atoms with Crippen LogP contribution in [-0.4, -0.2) is 29.9 Å². The Balaban J connectivity index is 1.35. The van der Waals surface area contributed by atoms with E-state index in [1.54, 1.807) is 30.5 Å². The van der Waals surface area contributed by atoms with Crippen molar-refractivity contribution in [2.24, 2.45) is 0 Å². The van der Waals surface area contributed by atoms with Gasteiger partial charge < -0.3 is 10.1 Å². The molecule has 1 aromatic heterocycles. The quantitative estimate of drug-likeness (QED) is 0.567. The van der Waals surface area contributed by atoms with E-state index in [0.29, 0.717) is 17.9 Å². The number of rotatable bonds is 8. The normalized spacial score (nSPS) is 15.8. The number of amides is 2. The van der Waals surface area contributed by atoms with Crippen molar-refractivity contribution < 1.29 is 14.3 Å². The number of nitrogens with one attached hydrogen (secondary N) is 1. The fraction of sp³-hybridized carbons (Fsp3) is 0.240. The third-order valence-electron chi connectivity index (χ3n) is 5.22. The van der Waals surface area contributed by atoms with Crippen molar-refractivity contribution in [2.75, 3.05) is 18.1 Å². The van der Waals surface area contributed by atoms with Gasteiger partial charge in [0.25, 0.3) is 11.8 Å². The highest BCUT2D eigenvalue weighted by Crippen LogP contribution is 2.31. The molecule has 2 aromatic carbocycles. The maximum absolute atomic E-state index is 12.6. The monoisotopic (exact) mass is 415 g/mol. The van der Waals surface area contributed by atoms with Crippen LogP contribution in [0.2, 0.25) is 0 Å². The minimum Gasteiger partial charge on any atom is -0.352 e. The van der Waals surface area contributed by atoms with E-state index in [4.69, 9.17) is 4.74 Å². The number of carbonyl (C=O) groups excluding carboxylic acids is 2. The Kier molecular flexibility index (Phi) is 6.69. The number of carbonyl (C=O) groups is 2. The number of ether oxygens (including phenoxy) is 1. The number of pyridine rings is 1. The van der Waals surface area contributed by atoms with Crippen LogP contribution in [0.5, 0.6) is 0 Å². The molecule has 0 aliphatic carbocycles. The van der Waals surface area contributed by atoms with Crippen molar-refractivity contribution in [1.82, 2.24) is 10.3 Å². The Bertz CT molecular complexity index is 1020. The second kappa shape index (κ2) is 10.00. The van der Waals surface area contributed by atoms with Gasteiger partial charge in [-0.3, -0.25) is 14.5 Å². The summed E-state index contributed by atoms with van der Waals surface area (Å²) < 4.78 is 5.71. The van der Waals surface area contributed by atoms with Crippen LogP contribution in [0.15, 0.2) is 79.0 Å². The lowest BCUT2D eigenvalue weighted by Crippen LogP contribution is -2.29. The first-order valence-corrected chi connectivity index (χ1v) is 10.5. The van der Waals surface area contributed by atoms with Crippen LogP contribution in [0.4, 0.5) is 5.82 Å². The maximum Gasteiger partial charge on any atom is 0.256 e. The van der Waals surface area contributed by atoms with Gasteiger partial charge in [0.15, 0.2) is 6.23 Å². The van der Waals surface area contributed by atoms with E-state index in [1.807, 2.05) is 36.4 Å². The Morgan fingerprint density at radius 2 is 1.87 bits per heavy atom.